The largest absolute Gasteiger partial charge is 0.497 e. The lowest BCUT2D eigenvalue weighted by atomic mass is 9.79. The molecule has 1 heterocycles. The summed E-state index contributed by atoms with van der Waals surface area (Å²) < 4.78 is 11.0. The fourth-order valence-electron chi connectivity index (χ4n) is 2.73. The summed E-state index contributed by atoms with van der Waals surface area (Å²) in [5.41, 5.74) is -0.0310. The number of benzene rings is 1. The van der Waals surface area contributed by atoms with Gasteiger partial charge in [-0.2, -0.15) is 0 Å². The molecule has 20 heavy (non-hydrogen) atoms. The fourth-order valence-corrected chi connectivity index (χ4v) is 2.73. The summed E-state index contributed by atoms with van der Waals surface area (Å²) in [6.45, 7) is 3.54. The van der Waals surface area contributed by atoms with Crippen LogP contribution in [0.25, 0.3) is 0 Å². The van der Waals surface area contributed by atoms with Gasteiger partial charge in [-0.25, -0.2) is 0 Å². The third-order valence-electron chi connectivity index (χ3n) is 3.78. The van der Waals surface area contributed by atoms with Crippen LogP contribution in [0.15, 0.2) is 36.1 Å². The molecule has 0 unspecified atom stereocenters. The Balaban J connectivity index is 2.38. The molecule has 0 saturated heterocycles. The number of methoxy groups -OCH3 is 1. The minimum Gasteiger partial charge on any atom is -0.497 e. The minimum atomic E-state index is -0.959. The summed E-state index contributed by atoms with van der Waals surface area (Å²) in [6.07, 6.45) is 1.97. The van der Waals surface area contributed by atoms with E-state index in [1.807, 2.05) is 24.3 Å². The van der Waals surface area contributed by atoms with Crippen molar-refractivity contribution in [3.63, 3.8) is 0 Å². The number of ketones is 1. The molecule has 2 atom stereocenters. The summed E-state index contributed by atoms with van der Waals surface area (Å²) in [4.78, 5) is 12.2. The molecule has 1 N–H and O–H groups in total. The molecular weight excluding hydrogens is 256 g/mol. The molecule has 0 saturated carbocycles. The average Bonchev–Trinajstić information content (AvgIpc) is 2.70. The van der Waals surface area contributed by atoms with Gasteiger partial charge in [0.25, 0.3) is 0 Å². The Morgan fingerprint density at radius 1 is 1.45 bits per heavy atom. The molecule has 0 aliphatic carbocycles. The second-order valence-corrected chi connectivity index (χ2v) is 5.17. The molecule has 0 fully saturated rings. The Morgan fingerprint density at radius 3 is 2.75 bits per heavy atom. The van der Waals surface area contributed by atoms with Crippen LogP contribution in [0.2, 0.25) is 0 Å². The number of rotatable bonds is 5. The van der Waals surface area contributed by atoms with E-state index in [1.54, 1.807) is 21.0 Å². The van der Waals surface area contributed by atoms with Gasteiger partial charge in [0.2, 0.25) is 5.78 Å². The second kappa shape index (κ2) is 5.67. The molecule has 1 aliphatic heterocycles. The van der Waals surface area contributed by atoms with E-state index in [0.29, 0.717) is 12.2 Å². The van der Waals surface area contributed by atoms with Gasteiger partial charge in [0, 0.05) is 18.6 Å². The number of allylic oxidation sites excluding steroid dienone is 1. The minimum absolute atomic E-state index is 0.00679. The van der Waals surface area contributed by atoms with E-state index < -0.39 is 5.60 Å². The quantitative estimate of drug-likeness (QED) is 0.897. The summed E-state index contributed by atoms with van der Waals surface area (Å²) in [5, 5.41) is 9.34. The summed E-state index contributed by atoms with van der Waals surface area (Å²) >= 11 is 0. The van der Waals surface area contributed by atoms with Crippen molar-refractivity contribution >= 4 is 5.78 Å². The number of aliphatic hydroxyl groups is 1. The monoisotopic (exact) mass is 276 g/mol. The summed E-state index contributed by atoms with van der Waals surface area (Å²) in [7, 11) is 1.60. The van der Waals surface area contributed by atoms with Gasteiger partial charge in [-0.1, -0.05) is 12.1 Å². The van der Waals surface area contributed by atoms with E-state index in [1.165, 1.54) is 6.08 Å². The average molecular weight is 276 g/mol. The van der Waals surface area contributed by atoms with Crippen molar-refractivity contribution in [1.29, 1.82) is 0 Å². The van der Waals surface area contributed by atoms with Crippen LogP contribution in [0.3, 0.4) is 0 Å². The van der Waals surface area contributed by atoms with Gasteiger partial charge in [-0.15, -0.1) is 0 Å². The Bertz CT molecular complexity index is 535. The maximum Gasteiger partial charge on any atom is 0.202 e. The number of ether oxygens (including phenoxy) is 2. The van der Waals surface area contributed by atoms with Gasteiger partial charge in [0.1, 0.15) is 5.75 Å². The van der Waals surface area contributed by atoms with E-state index in [4.69, 9.17) is 9.47 Å². The maximum atomic E-state index is 12.2. The zero-order valence-corrected chi connectivity index (χ0v) is 12.1. The molecular formula is C16H20O4. The van der Waals surface area contributed by atoms with Crippen LogP contribution >= 0.6 is 0 Å². The van der Waals surface area contributed by atoms with Gasteiger partial charge in [-0.05, 0) is 38.0 Å². The normalized spacial score (nSPS) is 23.2. The lowest BCUT2D eigenvalue weighted by molar-refractivity contribution is -0.131. The fraction of sp³-hybridized carbons (Fsp3) is 0.438. The van der Waals surface area contributed by atoms with Crippen molar-refractivity contribution < 1.29 is 19.4 Å². The number of hydrogen-bond donors (Lipinski definition) is 1. The third kappa shape index (κ3) is 2.56. The first-order chi connectivity index (χ1) is 9.51. The Morgan fingerprint density at radius 2 is 2.20 bits per heavy atom. The zero-order chi connectivity index (χ0) is 14.8. The highest BCUT2D eigenvalue weighted by atomic mass is 16.5. The number of aliphatic hydroxyl groups excluding tert-OH is 1. The van der Waals surface area contributed by atoms with Crippen LogP contribution in [0, 0.1) is 0 Å². The van der Waals surface area contributed by atoms with Crippen LogP contribution in [0.5, 0.6) is 5.75 Å². The Hall–Kier alpha value is -1.81. The van der Waals surface area contributed by atoms with Gasteiger partial charge < -0.3 is 14.6 Å². The highest BCUT2D eigenvalue weighted by molar-refractivity contribution is 5.99. The molecule has 0 bridgehead atoms. The molecule has 4 nitrogen and oxygen atoms in total. The summed E-state index contributed by atoms with van der Waals surface area (Å²) in [5.74, 6) is 1.06. The SMILES string of the molecule is COc1cccc([C@H](CCO)[C@@]2(C)OC(C)=CC2=O)c1. The molecule has 1 aromatic rings. The van der Waals surface area contributed by atoms with E-state index in [0.717, 1.165) is 11.3 Å². The smallest absolute Gasteiger partial charge is 0.202 e. The highest BCUT2D eigenvalue weighted by Gasteiger charge is 2.46. The molecule has 0 amide bonds. The first kappa shape index (κ1) is 14.6. The van der Waals surface area contributed by atoms with Crippen LogP contribution in [-0.2, 0) is 9.53 Å². The standard InChI is InChI=1S/C16H20O4/c1-11-9-15(18)16(2,20-11)14(7-8-17)12-5-4-6-13(10-12)19-3/h4-6,9-10,14,17H,7-8H2,1-3H3/t14-,16+/m0/s1. The van der Waals surface area contributed by atoms with Crippen molar-refractivity contribution in [2.24, 2.45) is 0 Å². The number of carbonyl (C=O) groups excluding carboxylic acids is 1. The maximum absolute atomic E-state index is 12.2. The Kier molecular flexibility index (Phi) is 4.14. The predicted molar refractivity (Wildman–Crippen MR) is 75.7 cm³/mol. The van der Waals surface area contributed by atoms with Crippen molar-refractivity contribution in [1.82, 2.24) is 0 Å². The van der Waals surface area contributed by atoms with E-state index in [-0.39, 0.29) is 18.3 Å². The van der Waals surface area contributed by atoms with Crippen molar-refractivity contribution in [3.05, 3.63) is 41.7 Å². The van der Waals surface area contributed by atoms with E-state index in [2.05, 4.69) is 0 Å². The highest BCUT2D eigenvalue weighted by Crippen LogP contribution is 2.40. The Labute approximate surface area is 119 Å². The number of hydrogen-bond acceptors (Lipinski definition) is 4. The molecule has 2 rings (SSSR count). The summed E-state index contributed by atoms with van der Waals surface area (Å²) in [6, 6.07) is 7.54. The predicted octanol–water partition coefficient (Wildman–Crippen LogP) is 2.42. The van der Waals surface area contributed by atoms with Gasteiger partial charge in [0.05, 0.1) is 12.9 Å². The molecule has 0 spiro atoms. The van der Waals surface area contributed by atoms with Gasteiger partial charge >= 0.3 is 0 Å². The molecule has 108 valence electrons. The van der Waals surface area contributed by atoms with Crippen molar-refractivity contribution in [2.75, 3.05) is 13.7 Å². The topological polar surface area (TPSA) is 55.8 Å². The second-order valence-electron chi connectivity index (χ2n) is 5.17. The molecule has 0 radical (unpaired) electrons. The third-order valence-corrected chi connectivity index (χ3v) is 3.78. The van der Waals surface area contributed by atoms with Crippen LogP contribution < -0.4 is 4.74 Å². The molecule has 1 aromatic carbocycles. The van der Waals surface area contributed by atoms with Crippen LogP contribution in [-0.4, -0.2) is 30.2 Å². The zero-order valence-electron chi connectivity index (χ0n) is 12.1. The lowest BCUT2D eigenvalue weighted by Gasteiger charge is -2.33. The van der Waals surface area contributed by atoms with Crippen LogP contribution in [0.4, 0.5) is 0 Å². The van der Waals surface area contributed by atoms with Crippen molar-refractivity contribution in [2.45, 2.75) is 31.8 Å². The first-order valence-electron chi connectivity index (χ1n) is 6.68. The van der Waals surface area contributed by atoms with Crippen molar-refractivity contribution in [3.8, 4) is 5.75 Å². The van der Waals surface area contributed by atoms with Gasteiger partial charge in [-0.3, -0.25) is 4.79 Å². The molecule has 1 aliphatic rings. The van der Waals surface area contributed by atoms with Crippen LogP contribution in [0.1, 0.15) is 31.7 Å². The number of carbonyl (C=O) groups is 1. The van der Waals surface area contributed by atoms with E-state index in [9.17, 15) is 9.90 Å². The first-order valence-corrected chi connectivity index (χ1v) is 6.68. The van der Waals surface area contributed by atoms with Gasteiger partial charge in [0.15, 0.2) is 5.60 Å². The molecule has 4 heteroatoms. The molecule has 0 aromatic heterocycles. The van der Waals surface area contributed by atoms with E-state index >= 15 is 0 Å². The lowest BCUT2D eigenvalue weighted by Crippen LogP contribution is -2.40.